The van der Waals surface area contributed by atoms with Crippen molar-refractivity contribution in [3.63, 3.8) is 0 Å². The second-order valence-corrected chi connectivity index (χ2v) is 4.38. The largest absolute Gasteiger partial charge is 0.370 e. The van der Waals surface area contributed by atoms with Crippen LogP contribution in [-0.4, -0.2) is 16.5 Å². The van der Waals surface area contributed by atoms with Gasteiger partial charge < -0.3 is 5.32 Å². The van der Waals surface area contributed by atoms with Gasteiger partial charge in [0.2, 0.25) is 0 Å². The molecule has 0 aliphatic carbocycles. The van der Waals surface area contributed by atoms with E-state index in [9.17, 15) is 0 Å². The molecule has 3 heteroatoms. The van der Waals surface area contributed by atoms with Gasteiger partial charge in [0.1, 0.15) is 11.6 Å². The number of rotatable bonds is 6. The fraction of sp³-hybridized carbons (Fsp3) is 0.692. The fourth-order valence-electron chi connectivity index (χ4n) is 1.53. The maximum atomic E-state index is 4.60. The van der Waals surface area contributed by atoms with Crippen LogP contribution in [0.4, 0.5) is 5.82 Å². The summed E-state index contributed by atoms with van der Waals surface area (Å²) in [5, 5.41) is 3.27. The first-order valence-corrected chi connectivity index (χ1v) is 6.29. The first kappa shape index (κ1) is 12.9. The molecule has 0 amide bonds. The number of nitrogens with zero attached hydrogens (tertiary/aromatic N) is 2. The maximum Gasteiger partial charge on any atom is 0.131 e. The monoisotopic (exact) mass is 221 g/mol. The van der Waals surface area contributed by atoms with Gasteiger partial charge >= 0.3 is 0 Å². The molecular weight excluding hydrogens is 198 g/mol. The zero-order valence-corrected chi connectivity index (χ0v) is 10.9. The molecular formula is C13H23N3. The van der Waals surface area contributed by atoms with Gasteiger partial charge in [0, 0.05) is 24.7 Å². The molecule has 0 aliphatic rings. The molecule has 16 heavy (non-hydrogen) atoms. The lowest BCUT2D eigenvalue weighted by Crippen LogP contribution is -2.07. The van der Waals surface area contributed by atoms with E-state index < -0.39 is 0 Å². The summed E-state index contributed by atoms with van der Waals surface area (Å²) >= 11 is 0. The van der Waals surface area contributed by atoms with E-state index in [1.807, 2.05) is 0 Å². The van der Waals surface area contributed by atoms with Crippen LogP contribution in [0.25, 0.3) is 0 Å². The Morgan fingerprint density at radius 3 is 2.56 bits per heavy atom. The fourth-order valence-corrected chi connectivity index (χ4v) is 1.53. The Balaban J connectivity index is 2.89. The highest BCUT2D eigenvalue weighted by Crippen LogP contribution is 2.16. The minimum Gasteiger partial charge on any atom is -0.370 e. The normalized spacial score (nSPS) is 10.8. The minimum absolute atomic E-state index is 0.459. The topological polar surface area (TPSA) is 37.8 Å². The predicted molar refractivity (Wildman–Crippen MR) is 68.9 cm³/mol. The van der Waals surface area contributed by atoms with Crippen LogP contribution in [0.2, 0.25) is 0 Å². The van der Waals surface area contributed by atoms with Crippen LogP contribution < -0.4 is 5.32 Å². The standard InChI is InChI=1S/C13H23N3/c1-5-7-8-12-15-11(10(3)4)9-13(16-12)14-6-2/h9-10H,5-8H2,1-4H3,(H,14,15,16). The maximum absolute atomic E-state index is 4.60. The van der Waals surface area contributed by atoms with Crippen molar-refractivity contribution in [2.24, 2.45) is 0 Å². The van der Waals surface area contributed by atoms with Crippen molar-refractivity contribution in [2.75, 3.05) is 11.9 Å². The summed E-state index contributed by atoms with van der Waals surface area (Å²) in [7, 11) is 0. The molecule has 90 valence electrons. The van der Waals surface area contributed by atoms with Gasteiger partial charge in [-0.3, -0.25) is 0 Å². The number of nitrogens with one attached hydrogen (secondary N) is 1. The molecule has 0 atom stereocenters. The second-order valence-electron chi connectivity index (χ2n) is 4.38. The highest BCUT2D eigenvalue weighted by Gasteiger charge is 2.06. The molecule has 0 radical (unpaired) electrons. The molecule has 0 fully saturated rings. The number of hydrogen-bond donors (Lipinski definition) is 1. The zero-order chi connectivity index (χ0) is 12.0. The second kappa shape index (κ2) is 6.46. The van der Waals surface area contributed by atoms with Crippen LogP contribution in [0.5, 0.6) is 0 Å². The van der Waals surface area contributed by atoms with E-state index in [0.717, 1.165) is 36.7 Å². The summed E-state index contributed by atoms with van der Waals surface area (Å²) in [5.74, 6) is 2.40. The average Bonchev–Trinajstić information content (AvgIpc) is 2.26. The molecule has 1 aromatic rings. The van der Waals surface area contributed by atoms with Gasteiger partial charge in [0.25, 0.3) is 0 Å². The highest BCUT2D eigenvalue weighted by molar-refractivity contribution is 5.36. The smallest absolute Gasteiger partial charge is 0.131 e. The number of unbranched alkanes of at least 4 members (excludes halogenated alkanes) is 1. The van der Waals surface area contributed by atoms with E-state index in [1.54, 1.807) is 0 Å². The molecule has 0 saturated heterocycles. The molecule has 1 rings (SSSR count). The lowest BCUT2D eigenvalue weighted by Gasteiger charge is -2.10. The zero-order valence-electron chi connectivity index (χ0n) is 10.9. The highest BCUT2D eigenvalue weighted by atomic mass is 15.0. The number of anilines is 1. The molecule has 0 unspecified atom stereocenters. The van der Waals surface area contributed by atoms with Crippen LogP contribution >= 0.6 is 0 Å². The van der Waals surface area contributed by atoms with E-state index in [4.69, 9.17) is 0 Å². The van der Waals surface area contributed by atoms with Crippen LogP contribution in [0.3, 0.4) is 0 Å². The van der Waals surface area contributed by atoms with Gasteiger partial charge in [-0.25, -0.2) is 9.97 Å². The van der Waals surface area contributed by atoms with Gasteiger partial charge in [0.05, 0.1) is 0 Å². The van der Waals surface area contributed by atoms with E-state index >= 15 is 0 Å². The first-order chi connectivity index (χ1) is 7.67. The summed E-state index contributed by atoms with van der Waals surface area (Å²) in [4.78, 5) is 9.12. The molecule has 0 bridgehead atoms. The molecule has 0 saturated carbocycles. The van der Waals surface area contributed by atoms with Crippen LogP contribution in [0.1, 0.15) is 58.0 Å². The van der Waals surface area contributed by atoms with Crippen molar-refractivity contribution in [1.82, 2.24) is 9.97 Å². The Hall–Kier alpha value is -1.12. The van der Waals surface area contributed by atoms with Gasteiger partial charge in [-0.15, -0.1) is 0 Å². The van der Waals surface area contributed by atoms with Gasteiger partial charge in [0.15, 0.2) is 0 Å². The van der Waals surface area contributed by atoms with Crippen molar-refractivity contribution in [3.8, 4) is 0 Å². The van der Waals surface area contributed by atoms with E-state index in [2.05, 4.69) is 49.0 Å². The van der Waals surface area contributed by atoms with Gasteiger partial charge in [-0.05, 0) is 19.3 Å². The molecule has 0 spiro atoms. The van der Waals surface area contributed by atoms with E-state index in [-0.39, 0.29) is 0 Å². The van der Waals surface area contributed by atoms with Crippen LogP contribution in [0.15, 0.2) is 6.07 Å². The SMILES string of the molecule is CCCCc1nc(NCC)cc(C(C)C)n1. The van der Waals surface area contributed by atoms with E-state index in [1.165, 1.54) is 6.42 Å². The van der Waals surface area contributed by atoms with Gasteiger partial charge in [-0.2, -0.15) is 0 Å². The van der Waals surface area contributed by atoms with Crippen LogP contribution in [0, 0.1) is 0 Å². The van der Waals surface area contributed by atoms with Crippen molar-refractivity contribution >= 4 is 5.82 Å². The van der Waals surface area contributed by atoms with Crippen LogP contribution in [-0.2, 0) is 6.42 Å². The van der Waals surface area contributed by atoms with Crippen molar-refractivity contribution in [2.45, 2.75) is 52.9 Å². The number of aryl methyl sites for hydroxylation is 1. The summed E-state index contributed by atoms with van der Waals surface area (Å²) < 4.78 is 0. The van der Waals surface area contributed by atoms with E-state index in [0.29, 0.717) is 5.92 Å². The summed E-state index contributed by atoms with van der Waals surface area (Å²) in [6.45, 7) is 9.52. The Labute approximate surface area is 98.7 Å². The first-order valence-electron chi connectivity index (χ1n) is 6.29. The molecule has 0 aliphatic heterocycles. The van der Waals surface area contributed by atoms with Crippen molar-refractivity contribution in [1.29, 1.82) is 0 Å². The Morgan fingerprint density at radius 1 is 1.25 bits per heavy atom. The molecule has 1 N–H and O–H groups in total. The summed E-state index contributed by atoms with van der Waals surface area (Å²) in [5.41, 5.74) is 1.14. The van der Waals surface area contributed by atoms with Gasteiger partial charge in [-0.1, -0.05) is 27.2 Å². The minimum atomic E-state index is 0.459. The number of aromatic nitrogens is 2. The third-order valence-corrected chi connectivity index (χ3v) is 2.50. The Morgan fingerprint density at radius 2 is 2.00 bits per heavy atom. The predicted octanol–water partition coefficient (Wildman–Crippen LogP) is 3.37. The Kier molecular flexibility index (Phi) is 5.23. The molecule has 1 heterocycles. The summed E-state index contributed by atoms with van der Waals surface area (Å²) in [6.07, 6.45) is 3.33. The molecule has 1 aromatic heterocycles. The molecule has 3 nitrogen and oxygen atoms in total. The quantitative estimate of drug-likeness (QED) is 0.800. The lowest BCUT2D eigenvalue weighted by atomic mass is 10.1. The number of hydrogen-bond acceptors (Lipinski definition) is 3. The Bertz CT molecular complexity index is 321. The summed E-state index contributed by atoms with van der Waals surface area (Å²) in [6, 6.07) is 2.06. The third kappa shape index (κ3) is 3.80. The average molecular weight is 221 g/mol. The molecule has 0 aromatic carbocycles. The third-order valence-electron chi connectivity index (χ3n) is 2.50. The lowest BCUT2D eigenvalue weighted by molar-refractivity contribution is 0.726. The van der Waals surface area contributed by atoms with Crippen molar-refractivity contribution in [3.05, 3.63) is 17.6 Å². The van der Waals surface area contributed by atoms with Crippen molar-refractivity contribution < 1.29 is 0 Å².